The Balaban J connectivity index is 2.19. The molecule has 1 aliphatic carbocycles. The summed E-state index contributed by atoms with van der Waals surface area (Å²) in [5, 5.41) is 0.974. The first-order valence-corrected chi connectivity index (χ1v) is 6.53. The highest BCUT2D eigenvalue weighted by molar-refractivity contribution is 7.17. The van der Waals surface area contributed by atoms with Crippen LogP contribution in [-0.4, -0.2) is 23.9 Å². The van der Waals surface area contributed by atoms with E-state index in [2.05, 4.69) is 23.9 Å². The molecule has 2 rings (SSSR count). The van der Waals surface area contributed by atoms with Gasteiger partial charge in [0.25, 0.3) is 0 Å². The van der Waals surface area contributed by atoms with Crippen molar-refractivity contribution >= 4 is 22.3 Å². The van der Waals surface area contributed by atoms with Crippen LogP contribution in [0.25, 0.3) is 0 Å². The molecule has 1 atom stereocenters. The fraction of sp³-hybridized carbons (Fsp3) is 0.667. The minimum Gasteiger partial charge on any atom is -0.348 e. The highest BCUT2D eigenvalue weighted by atomic mass is 32.1. The summed E-state index contributed by atoms with van der Waals surface area (Å²) in [6.07, 6.45) is 2.66. The standard InChI is InChI=1S/C12H18N2OS/c1-7-11(9(3)15)16-12(13-7)14(4)8(2)10-5-6-10/h8,10H,5-6H2,1-4H3. The van der Waals surface area contributed by atoms with E-state index in [1.807, 2.05) is 6.92 Å². The molecule has 1 aromatic rings. The lowest BCUT2D eigenvalue weighted by atomic mass is 10.2. The zero-order valence-corrected chi connectivity index (χ0v) is 11.1. The van der Waals surface area contributed by atoms with E-state index < -0.39 is 0 Å². The van der Waals surface area contributed by atoms with Crippen molar-refractivity contribution in [1.29, 1.82) is 0 Å². The van der Waals surface area contributed by atoms with E-state index in [1.165, 1.54) is 24.2 Å². The zero-order valence-electron chi connectivity index (χ0n) is 10.3. The lowest BCUT2D eigenvalue weighted by molar-refractivity contribution is 0.102. The molecule has 1 aliphatic rings. The molecule has 0 saturated heterocycles. The Labute approximate surface area is 100 Å². The molecule has 1 heterocycles. The van der Waals surface area contributed by atoms with E-state index in [-0.39, 0.29) is 5.78 Å². The second-order valence-electron chi connectivity index (χ2n) is 4.66. The van der Waals surface area contributed by atoms with Crippen molar-refractivity contribution in [1.82, 2.24) is 4.98 Å². The molecule has 1 fully saturated rings. The van der Waals surface area contributed by atoms with E-state index >= 15 is 0 Å². The molecular weight excluding hydrogens is 220 g/mol. The van der Waals surface area contributed by atoms with Crippen LogP contribution < -0.4 is 4.90 Å². The van der Waals surface area contributed by atoms with Crippen LogP contribution in [0.2, 0.25) is 0 Å². The molecule has 1 aromatic heterocycles. The molecule has 0 aromatic carbocycles. The second kappa shape index (κ2) is 4.17. The van der Waals surface area contributed by atoms with Crippen molar-refractivity contribution in [3.63, 3.8) is 0 Å². The first kappa shape index (κ1) is 11.6. The van der Waals surface area contributed by atoms with Gasteiger partial charge in [-0.3, -0.25) is 4.79 Å². The number of aryl methyl sites for hydroxylation is 1. The average Bonchev–Trinajstić information content (AvgIpc) is 2.99. The van der Waals surface area contributed by atoms with Crippen LogP contribution in [0.5, 0.6) is 0 Å². The van der Waals surface area contributed by atoms with Gasteiger partial charge in [0.15, 0.2) is 10.9 Å². The normalized spacial score (nSPS) is 17.2. The molecule has 88 valence electrons. The molecule has 3 nitrogen and oxygen atoms in total. The Morgan fingerprint density at radius 2 is 2.19 bits per heavy atom. The first-order chi connectivity index (χ1) is 7.50. The van der Waals surface area contributed by atoms with Crippen molar-refractivity contribution in [3.8, 4) is 0 Å². The van der Waals surface area contributed by atoms with Gasteiger partial charge in [-0.15, -0.1) is 0 Å². The number of thiazole rings is 1. The molecular formula is C12H18N2OS. The number of aromatic nitrogens is 1. The summed E-state index contributed by atoms with van der Waals surface area (Å²) in [6.45, 7) is 5.75. The third kappa shape index (κ3) is 2.12. The monoisotopic (exact) mass is 238 g/mol. The predicted molar refractivity (Wildman–Crippen MR) is 67.4 cm³/mol. The number of anilines is 1. The van der Waals surface area contributed by atoms with Gasteiger partial charge in [-0.25, -0.2) is 4.98 Å². The quantitative estimate of drug-likeness (QED) is 0.756. The van der Waals surface area contributed by atoms with Gasteiger partial charge in [-0.2, -0.15) is 0 Å². The van der Waals surface area contributed by atoms with Gasteiger partial charge in [0.1, 0.15) is 0 Å². The lowest BCUT2D eigenvalue weighted by Gasteiger charge is -2.23. The number of nitrogens with zero attached hydrogens (tertiary/aromatic N) is 2. The van der Waals surface area contributed by atoms with Crippen LogP contribution in [0.1, 0.15) is 42.1 Å². The minimum atomic E-state index is 0.119. The van der Waals surface area contributed by atoms with Gasteiger partial charge in [-0.1, -0.05) is 11.3 Å². The van der Waals surface area contributed by atoms with E-state index in [9.17, 15) is 4.79 Å². The fourth-order valence-corrected chi connectivity index (χ4v) is 2.94. The number of Topliss-reactive ketones (excluding diaryl/α,β-unsaturated/α-hetero) is 1. The van der Waals surface area contributed by atoms with Crippen molar-refractivity contribution in [2.24, 2.45) is 5.92 Å². The summed E-state index contributed by atoms with van der Waals surface area (Å²) in [6, 6.07) is 0.533. The van der Waals surface area contributed by atoms with E-state index in [4.69, 9.17) is 0 Å². The molecule has 0 radical (unpaired) electrons. The molecule has 0 amide bonds. The lowest BCUT2D eigenvalue weighted by Crippen LogP contribution is -2.30. The Morgan fingerprint density at radius 3 is 2.62 bits per heavy atom. The smallest absolute Gasteiger partial charge is 0.186 e. The highest BCUT2D eigenvalue weighted by Gasteiger charge is 2.31. The number of carbonyl (C=O) groups excluding carboxylic acids is 1. The zero-order chi connectivity index (χ0) is 11.9. The largest absolute Gasteiger partial charge is 0.348 e. The number of carbonyl (C=O) groups is 1. The van der Waals surface area contributed by atoms with Crippen LogP contribution in [0.3, 0.4) is 0 Å². The van der Waals surface area contributed by atoms with Crippen LogP contribution in [0.15, 0.2) is 0 Å². The SMILES string of the molecule is CC(=O)c1sc(N(C)C(C)C2CC2)nc1C. The molecule has 0 aliphatic heterocycles. The summed E-state index contributed by atoms with van der Waals surface area (Å²) >= 11 is 1.51. The van der Waals surface area contributed by atoms with Gasteiger partial charge < -0.3 is 4.90 Å². The number of ketones is 1. The van der Waals surface area contributed by atoms with Crippen molar-refractivity contribution in [2.75, 3.05) is 11.9 Å². The molecule has 1 unspecified atom stereocenters. The third-order valence-electron chi connectivity index (χ3n) is 3.32. The van der Waals surface area contributed by atoms with Crippen LogP contribution in [-0.2, 0) is 0 Å². The predicted octanol–water partition coefficient (Wildman–Crippen LogP) is 2.89. The Morgan fingerprint density at radius 1 is 1.56 bits per heavy atom. The minimum absolute atomic E-state index is 0.119. The summed E-state index contributed by atoms with van der Waals surface area (Å²) in [5.74, 6) is 0.934. The van der Waals surface area contributed by atoms with Crippen LogP contribution in [0, 0.1) is 12.8 Å². The summed E-state index contributed by atoms with van der Waals surface area (Å²) in [5.41, 5.74) is 0.863. The van der Waals surface area contributed by atoms with Gasteiger partial charge in [0.2, 0.25) is 0 Å². The van der Waals surface area contributed by atoms with E-state index in [0.717, 1.165) is 21.6 Å². The maximum Gasteiger partial charge on any atom is 0.186 e. The molecule has 4 heteroatoms. The van der Waals surface area contributed by atoms with Crippen LogP contribution >= 0.6 is 11.3 Å². The third-order valence-corrected chi connectivity index (χ3v) is 4.67. The Kier molecular flexibility index (Phi) is 3.02. The maximum absolute atomic E-state index is 11.4. The van der Waals surface area contributed by atoms with Gasteiger partial charge >= 0.3 is 0 Å². The van der Waals surface area contributed by atoms with Crippen LogP contribution in [0.4, 0.5) is 5.13 Å². The Bertz CT molecular complexity index is 409. The number of rotatable bonds is 4. The highest BCUT2D eigenvalue weighted by Crippen LogP contribution is 2.37. The van der Waals surface area contributed by atoms with Gasteiger partial charge in [0, 0.05) is 20.0 Å². The van der Waals surface area contributed by atoms with E-state index in [1.54, 1.807) is 6.92 Å². The fourth-order valence-electron chi connectivity index (χ4n) is 1.93. The first-order valence-electron chi connectivity index (χ1n) is 5.72. The van der Waals surface area contributed by atoms with E-state index in [0.29, 0.717) is 6.04 Å². The summed E-state index contributed by atoms with van der Waals surface area (Å²) in [7, 11) is 2.07. The summed E-state index contributed by atoms with van der Waals surface area (Å²) < 4.78 is 0. The molecule has 1 saturated carbocycles. The number of hydrogen-bond acceptors (Lipinski definition) is 4. The maximum atomic E-state index is 11.4. The van der Waals surface area contributed by atoms with Crippen molar-refractivity contribution in [3.05, 3.63) is 10.6 Å². The molecule has 0 N–H and O–H groups in total. The van der Waals surface area contributed by atoms with Crippen molar-refractivity contribution < 1.29 is 4.79 Å². The molecule has 0 bridgehead atoms. The number of hydrogen-bond donors (Lipinski definition) is 0. The van der Waals surface area contributed by atoms with Gasteiger partial charge in [0.05, 0.1) is 10.6 Å². The van der Waals surface area contributed by atoms with Crippen molar-refractivity contribution in [2.45, 2.75) is 39.7 Å². The molecule has 0 spiro atoms. The average molecular weight is 238 g/mol. The van der Waals surface area contributed by atoms with Gasteiger partial charge in [-0.05, 0) is 32.6 Å². The summed E-state index contributed by atoms with van der Waals surface area (Å²) in [4.78, 5) is 18.9. The topological polar surface area (TPSA) is 33.2 Å². The molecule has 16 heavy (non-hydrogen) atoms. The second-order valence-corrected chi connectivity index (χ2v) is 5.63. The Hall–Kier alpha value is -0.900.